The molecule has 30 heavy (non-hydrogen) atoms. The lowest BCUT2D eigenvalue weighted by Crippen LogP contribution is -2.40. The maximum atomic E-state index is 11.8. The highest BCUT2D eigenvalue weighted by atomic mass is 16.5. The van der Waals surface area contributed by atoms with E-state index in [0.29, 0.717) is 35.8 Å². The molecule has 0 saturated carbocycles. The van der Waals surface area contributed by atoms with Crippen molar-refractivity contribution < 1.29 is 28.5 Å². The van der Waals surface area contributed by atoms with Crippen molar-refractivity contribution in [3.05, 3.63) is 47.5 Å². The predicted octanol–water partition coefficient (Wildman–Crippen LogP) is 3.82. The molecule has 0 aromatic heterocycles. The van der Waals surface area contributed by atoms with Crippen LogP contribution in [-0.2, 0) is 9.53 Å². The van der Waals surface area contributed by atoms with Gasteiger partial charge in [-0.25, -0.2) is 0 Å². The number of carbonyl (C=O) groups is 1. The van der Waals surface area contributed by atoms with Gasteiger partial charge in [-0.3, -0.25) is 4.79 Å². The zero-order chi connectivity index (χ0) is 21.7. The summed E-state index contributed by atoms with van der Waals surface area (Å²) >= 11 is 0. The Balaban J connectivity index is 2.07. The molecule has 0 radical (unpaired) electrons. The van der Waals surface area contributed by atoms with Crippen molar-refractivity contribution in [3.63, 3.8) is 0 Å². The van der Waals surface area contributed by atoms with E-state index < -0.39 is 0 Å². The molecule has 0 aliphatic carbocycles. The van der Waals surface area contributed by atoms with Crippen molar-refractivity contribution in [1.29, 1.82) is 0 Å². The number of methoxy groups -OCH3 is 4. The first-order chi connectivity index (χ1) is 14.5. The van der Waals surface area contributed by atoms with Crippen LogP contribution in [0.4, 0.5) is 0 Å². The Morgan fingerprint density at radius 1 is 0.800 bits per heavy atom. The molecule has 7 heteroatoms. The molecule has 3 rings (SSSR count). The Bertz CT molecular complexity index is 776. The molecule has 7 nitrogen and oxygen atoms in total. The molecule has 1 fully saturated rings. The van der Waals surface area contributed by atoms with Crippen LogP contribution in [0.15, 0.2) is 36.4 Å². The minimum atomic E-state index is -0.360. The lowest BCUT2D eigenvalue weighted by atomic mass is 9.89. The first-order valence-corrected chi connectivity index (χ1v) is 9.86. The van der Waals surface area contributed by atoms with Gasteiger partial charge < -0.3 is 29.0 Å². The third-order valence-corrected chi connectivity index (χ3v) is 5.31. The van der Waals surface area contributed by atoms with Gasteiger partial charge in [-0.05, 0) is 37.1 Å². The van der Waals surface area contributed by atoms with E-state index in [0.717, 1.165) is 11.1 Å². The van der Waals surface area contributed by atoms with Crippen LogP contribution in [0.25, 0.3) is 0 Å². The van der Waals surface area contributed by atoms with Crippen LogP contribution < -0.4 is 24.3 Å². The maximum absolute atomic E-state index is 11.8. The second-order valence-corrected chi connectivity index (χ2v) is 7.13. The molecule has 1 amide bonds. The molecular weight excluding hydrogens is 386 g/mol. The molecule has 1 aliphatic rings. The fourth-order valence-electron chi connectivity index (χ4n) is 4.09. The SMILES string of the molecule is COc1cccc(OC)c1[C@@H]1CC(NC(C)=O)C[C@H](c2c(OC)cccc2OC)O1. The Morgan fingerprint density at radius 2 is 1.17 bits per heavy atom. The summed E-state index contributed by atoms with van der Waals surface area (Å²) in [7, 11) is 6.47. The summed E-state index contributed by atoms with van der Waals surface area (Å²) in [6.07, 6.45) is 0.455. The first-order valence-electron chi connectivity index (χ1n) is 9.86. The summed E-state index contributed by atoms with van der Waals surface area (Å²) in [6.45, 7) is 1.52. The molecule has 1 aliphatic heterocycles. The summed E-state index contributed by atoms with van der Waals surface area (Å²) < 4.78 is 28.9. The molecule has 3 atom stereocenters. The smallest absolute Gasteiger partial charge is 0.217 e. The molecular formula is C23H29NO6. The van der Waals surface area contributed by atoms with Crippen molar-refractivity contribution in [2.24, 2.45) is 0 Å². The molecule has 162 valence electrons. The van der Waals surface area contributed by atoms with Gasteiger partial charge in [0.15, 0.2) is 0 Å². The van der Waals surface area contributed by atoms with Crippen LogP contribution in [0, 0.1) is 0 Å². The monoisotopic (exact) mass is 415 g/mol. The number of carbonyl (C=O) groups excluding carboxylic acids is 1. The Morgan fingerprint density at radius 3 is 1.47 bits per heavy atom. The van der Waals surface area contributed by atoms with Crippen molar-refractivity contribution in [3.8, 4) is 23.0 Å². The minimum Gasteiger partial charge on any atom is -0.496 e. The van der Waals surface area contributed by atoms with E-state index in [2.05, 4.69) is 5.32 Å². The zero-order valence-corrected chi connectivity index (χ0v) is 18.1. The lowest BCUT2D eigenvalue weighted by molar-refractivity contribution is -0.122. The second-order valence-electron chi connectivity index (χ2n) is 7.13. The van der Waals surface area contributed by atoms with Crippen molar-refractivity contribution >= 4 is 5.91 Å². The van der Waals surface area contributed by atoms with Gasteiger partial charge in [0.05, 0.1) is 51.8 Å². The predicted molar refractivity (Wildman–Crippen MR) is 112 cm³/mol. The van der Waals surface area contributed by atoms with Gasteiger partial charge in [0, 0.05) is 13.0 Å². The third-order valence-electron chi connectivity index (χ3n) is 5.31. The quantitative estimate of drug-likeness (QED) is 0.741. The normalized spacial score (nSPS) is 20.9. The van der Waals surface area contributed by atoms with E-state index in [1.807, 2.05) is 36.4 Å². The fourth-order valence-corrected chi connectivity index (χ4v) is 4.09. The minimum absolute atomic E-state index is 0.0848. The highest BCUT2D eigenvalue weighted by Crippen LogP contribution is 2.48. The molecule has 1 saturated heterocycles. The molecule has 1 unspecified atom stereocenters. The number of nitrogens with one attached hydrogen (secondary N) is 1. The van der Waals surface area contributed by atoms with E-state index in [-0.39, 0.29) is 24.2 Å². The number of rotatable bonds is 7. The van der Waals surface area contributed by atoms with E-state index in [1.165, 1.54) is 6.92 Å². The highest BCUT2D eigenvalue weighted by Gasteiger charge is 2.37. The largest absolute Gasteiger partial charge is 0.496 e. The number of hydrogen-bond acceptors (Lipinski definition) is 6. The van der Waals surface area contributed by atoms with Crippen LogP contribution in [0.5, 0.6) is 23.0 Å². The van der Waals surface area contributed by atoms with Gasteiger partial charge in [0.1, 0.15) is 23.0 Å². The second kappa shape index (κ2) is 9.71. The summed E-state index contributed by atoms with van der Waals surface area (Å²) in [6, 6.07) is 11.1. The Labute approximate surface area is 177 Å². The van der Waals surface area contributed by atoms with Gasteiger partial charge in [0.25, 0.3) is 0 Å². The summed E-state index contributed by atoms with van der Waals surface area (Å²) in [4.78, 5) is 11.8. The summed E-state index contributed by atoms with van der Waals surface area (Å²) in [5.74, 6) is 2.61. The lowest BCUT2D eigenvalue weighted by Gasteiger charge is -2.37. The van der Waals surface area contributed by atoms with Gasteiger partial charge in [-0.2, -0.15) is 0 Å². The molecule has 2 aromatic carbocycles. The Hall–Kier alpha value is -2.93. The molecule has 0 spiro atoms. The zero-order valence-electron chi connectivity index (χ0n) is 18.1. The van der Waals surface area contributed by atoms with Gasteiger partial charge in [0.2, 0.25) is 5.91 Å². The average Bonchev–Trinajstić information content (AvgIpc) is 2.76. The maximum Gasteiger partial charge on any atom is 0.217 e. The average molecular weight is 415 g/mol. The van der Waals surface area contributed by atoms with Gasteiger partial charge in [-0.1, -0.05) is 12.1 Å². The molecule has 2 aromatic rings. The first kappa shape index (κ1) is 21.8. The number of benzene rings is 2. The summed E-state index contributed by atoms with van der Waals surface area (Å²) in [5.41, 5.74) is 1.63. The summed E-state index contributed by atoms with van der Waals surface area (Å²) in [5, 5.41) is 3.05. The van der Waals surface area contributed by atoms with E-state index in [1.54, 1.807) is 28.4 Å². The van der Waals surface area contributed by atoms with E-state index in [9.17, 15) is 4.79 Å². The van der Waals surface area contributed by atoms with E-state index in [4.69, 9.17) is 23.7 Å². The van der Waals surface area contributed by atoms with Crippen LogP contribution in [0.3, 0.4) is 0 Å². The van der Waals surface area contributed by atoms with Crippen LogP contribution >= 0.6 is 0 Å². The molecule has 0 bridgehead atoms. The molecule has 1 N–H and O–H groups in total. The fraction of sp³-hybridized carbons (Fsp3) is 0.435. The number of amides is 1. The molecule has 1 heterocycles. The third kappa shape index (κ3) is 4.46. The topological polar surface area (TPSA) is 75.3 Å². The van der Waals surface area contributed by atoms with Crippen LogP contribution in [0.2, 0.25) is 0 Å². The van der Waals surface area contributed by atoms with Crippen LogP contribution in [-0.4, -0.2) is 40.4 Å². The number of ether oxygens (including phenoxy) is 5. The highest BCUT2D eigenvalue weighted by molar-refractivity contribution is 5.73. The standard InChI is InChI=1S/C23H29NO6/c1-14(25)24-15-12-20(22-16(26-2)8-6-9-17(22)27-3)30-21(13-15)23-18(28-4)10-7-11-19(23)29-5/h6-11,15,20-21H,12-13H2,1-5H3,(H,24,25)/t15?,20-,21+. The van der Waals surface area contributed by atoms with Crippen molar-refractivity contribution in [2.45, 2.75) is 38.0 Å². The van der Waals surface area contributed by atoms with Crippen molar-refractivity contribution in [2.75, 3.05) is 28.4 Å². The van der Waals surface area contributed by atoms with Gasteiger partial charge in [-0.15, -0.1) is 0 Å². The Kier molecular flexibility index (Phi) is 7.05. The van der Waals surface area contributed by atoms with E-state index >= 15 is 0 Å². The van der Waals surface area contributed by atoms with Crippen molar-refractivity contribution in [1.82, 2.24) is 5.32 Å². The van der Waals surface area contributed by atoms with Gasteiger partial charge >= 0.3 is 0 Å². The number of hydrogen-bond donors (Lipinski definition) is 1. The van der Waals surface area contributed by atoms with Crippen LogP contribution in [0.1, 0.15) is 43.1 Å².